The smallest absolute Gasteiger partial charge is 0.254 e. The number of fused-ring (bicyclic) bond motifs is 1. The summed E-state index contributed by atoms with van der Waals surface area (Å²) in [5, 5.41) is 0. The van der Waals surface area contributed by atoms with Crippen LogP contribution in [0.2, 0.25) is 0 Å². The summed E-state index contributed by atoms with van der Waals surface area (Å²) < 4.78 is 7.67. The number of benzene rings is 2. The lowest BCUT2D eigenvalue weighted by Crippen LogP contribution is -2.25. The fourth-order valence-corrected chi connectivity index (χ4v) is 3.33. The van der Waals surface area contributed by atoms with Gasteiger partial charge in [0, 0.05) is 18.3 Å². The van der Waals surface area contributed by atoms with Crippen LogP contribution in [0.1, 0.15) is 27.7 Å². The molecule has 0 aliphatic heterocycles. The molecule has 2 heterocycles. The minimum Gasteiger partial charge on any atom is -0.464 e. The molecular weight excluding hydrogens is 338 g/mol. The number of carbonyl (C=O) groups excluding carboxylic acids is 1. The molecule has 1 amide bonds. The Bertz CT molecular complexity index is 1110. The molecule has 5 nitrogen and oxygen atoms in total. The summed E-state index contributed by atoms with van der Waals surface area (Å²) in [7, 11) is 1.78. The fraction of sp³-hybridized carbons (Fsp3) is 0.182. The summed E-state index contributed by atoms with van der Waals surface area (Å²) in [4.78, 5) is 19.1. The molecule has 4 aromatic rings. The largest absolute Gasteiger partial charge is 0.464 e. The number of rotatable bonds is 4. The Morgan fingerprint density at radius 2 is 1.85 bits per heavy atom. The average molecular weight is 359 g/mol. The molecule has 0 aliphatic carbocycles. The number of amides is 1. The van der Waals surface area contributed by atoms with Crippen molar-refractivity contribution in [2.75, 3.05) is 7.05 Å². The van der Waals surface area contributed by atoms with E-state index in [1.807, 2.05) is 74.5 Å². The molecule has 0 atom stereocenters. The SMILES string of the molecule is Cc1ccc(CN(C)C(=O)c2ccc3c(c2)nc(C)n3-c2ccccc2)o1. The maximum absolute atomic E-state index is 12.8. The number of imidazole rings is 1. The third kappa shape index (κ3) is 3.24. The molecule has 0 spiro atoms. The second-order valence-corrected chi connectivity index (χ2v) is 6.71. The van der Waals surface area contributed by atoms with Crippen LogP contribution in [0.4, 0.5) is 0 Å². The first-order valence-corrected chi connectivity index (χ1v) is 8.88. The quantitative estimate of drug-likeness (QED) is 0.539. The molecule has 5 heteroatoms. The van der Waals surface area contributed by atoms with Gasteiger partial charge in [0.25, 0.3) is 5.91 Å². The lowest BCUT2D eigenvalue weighted by Gasteiger charge is -2.16. The van der Waals surface area contributed by atoms with Gasteiger partial charge in [-0.25, -0.2) is 4.98 Å². The molecule has 0 aliphatic rings. The van der Waals surface area contributed by atoms with Gasteiger partial charge in [0.15, 0.2) is 0 Å². The van der Waals surface area contributed by atoms with Gasteiger partial charge >= 0.3 is 0 Å². The Morgan fingerprint density at radius 3 is 2.56 bits per heavy atom. The number of aryl methyl sites for hydroxylation is 2. The van der Waals surface area contributed by atoms with Crippen molar-refractivity contribution < 1.29 is 9.21 Å². The predicted octanol–water partition coefficient (Wildman–Crippen LogP) is 4.51. The Labute approximate surface area is 157 Å². The van der Waals surface area contributed by atoms with Crippen molar-refractivity contribution in [1.82, 2.24) is 14.5 Å². The molecule has 0 bridgehead atoms. The van der Waals surface area contributed by atoms with Gasteiger partial charge < -0.3 is 9.32 Å². The van der Waals surface area contributed by atoms with E-state index < -0.39 is 0 Å². The monoisotopic (exact) mass is 359 g/mol. The van der Waals surface area contributed by atoms with Crippen LogP contribution in [0, 0.1) is 13.8 Å². The zero-order valence-corrected chi connectivity index (χ0v) is 15.6. The maximum atomic E-state index is 12.8. The number of nitrogens with zero attached hydrogens (tertiary/aromatic N) is 3. The molecule has 0 unspecified atom stereocenters. The molecule has 0 radical (unpaired) electrons. The third-order valence-electron chi connectivity index (χ3n) is 4.62. The molecule has 2 aromatic heterocycles. The summed E-state index contributed by atoms with van der Waals surface area (Å²) >= 11 is 0. The number of aromatic nitrogens is 2. The van der Waals surface area contributed by atoms with E-state index >= 15 is 0 Å². The highest BCUT2D eigenvalue weighted by Crippen LogP contribution is 2.23. The first-order chi connectivity index (χ1) is 13.0. The van der Waals surface area contributed by atoms with Crippen molar-refractivity contribution >= 4 is 16.9 Å². The lowest BCUT2D eigenvalue weighted by molar-refractivity contribution is 0.0775. The molecule has 0 saturated carbocycles. The molecular formula is C22H21N3O2. The van der Waals surface area contributed by atoms with Gasteiger partial charge in [0.1, 0.15) is 17.3 Å². The summed E-state index contributed by atoms with van der Waals surface area (Å²) in [6.45, 7) is 4.30. The van der Waals surface area contributed by atoms with Crippen LogP contribution in [0.5, 0.6) is 0 Å². The Kier molecular flexibility index (Phi) is 4.28. The molecule has 0 fully saturated rings. The highest BCUT2D eigenvalue weighted by molar-refractivity contribution is 5.97. The van der Waals surface area contributed by atoms with E-state index in [1.165, 1.54) is 0 Å². The Hall–Kier alpha value is -3.34. The minimum absolute atomic E-state index is 0.0575. The number of furan rings is 1. The van der Waals surface area contributed by atoms with Crippen LogP contribution in [0.25, 0.3) is 16.7 Å². The van der Waals surface area contributed by atoms with E-state index in [0.717, 1.165) is 34.1 Å². The summed E-state index contributed by atoms with van der Waals surface area (Å²) in [6.07, 6.45) is 0. The van der Waals surface area contributed by atoms with Gasteiger partial charge in [-0.3, -0.25) is 9.36 Å². The minimum atomic E-state index is -0.0575. The van der Waals surface area contributed by atoms with E-state index in [2.05, 4.69) is 9.55 Å². The van der Waals surface area contributed by atoms with Crippen molar-refractivity contribution in [3.63, 3.8) is 0 Å². The van der Waals surface area contributed by atoms with E-state index in [0.29, 0.717) is 12.1 Å². The van der Waals surface area contributed by atoms with Crippen LogP contribution >= 0.6 is 0 Å². The van der Waals surface area contributed by atoms with Gasteiger partial charge in [-0.2, -0.15) is 0 Å². The van der Waals surface area contributed by atoms with Gasteiger partial charge in [-0.05, 0) is 56.3 Å². The average Bonchev–Trinajstić information content (AvgIpc) is 3.22. The first kappa shape index (κ1) is 17.1. The second-order valence-electron chi connectivity index (χ2n) is 6.71. The van der Waals surface area contributed by atoms with Crippen molar-refractivity contribution in [1.29, 1.82) is 0 Å². The van der Waals surface area contributed by atoms with Gasteiger partial charge in [-0.15, -0.1) is 0 Å². The van der Waals surface area contributed by atoms with Crippen LogP contribution in [0.3, 0.4) is 0 Å². The summed E-state index contributed by atoms with van der Waals surface area (Å²) in [6, 6.07) is 19.6. The van der Waals surface area contributed by atoms with Crippen molar-refractivity contribution in [2.24, 2.45) is 0 Å². The van der Waals surface area contributed by atoms with E-state index in [1.54, 1.807) is 11.9 Å². The van der Waals surface area contributed by atoms with E-state index in [9.17, 15) is 4.79 Å². The van der Waals surface area contributed by atoms with E-state index in [4.69, 9.17) is 4.42 Å². The number of para-hydroxylation sites is 1. The van der Waals surface area contributed by atoms with E-state index in [-0.39, 0.29) is 5.91 Å². The van der Waals surface area contributed by atoms with Crippen LogP contribution in [-0.2, 0) is 6.54 Å². The molecule has 27 heavy (non-hydrogen) atoms. The number of hydrogen-bond acceptors (Lipinski definition) is 3. The lowest BCUT2D eigenvalue weighted by atomic mass is 10.1. The fourth-order valence-electron chi connectivity index (χ4n) is 3.33. The normalized spacial score (nSPS) is 11.1. The van der Waals surface area contributed by atoms with Gasteiger partial charge in [0.05, 0.1) is 17.6 Å². The summed E-state index contributed by atoms with van der Waals surface area (Å²) in [5.74, 6) is 2.45. The van der Waals surface area contributed by atoms with Crippen molar-refractivity contribution in [3.8, 4) is 5.69 Å². The Morgan fingerprint density at radius 1 is 1.07 bits per heavy atom. The second kappa shape index (κ2) is 6.76. The number of hydrogen-bond donors (Lipinski definition) is 0. The highest BCUT2D eigenvalue weighted by atomic mass is 16.3. The Balaban J connectivity index is 1.65. The molecule has 136 valence electrons. The molecule has 0 saturated heterocycles. The van der Waals surface area contributed by atoms with Gasteiger partial charge in [0.2, 0.25) is 0 Å². The predicted molar refractivity (Wildman–Crippen MR) is 105 cm³/mol. The topological polar surface area (TPSA) is 51.3 Å². The third-order valence-corrected chi connectivity index (χ3v) is 4.62. The summed E-state index contributed by atoms with van der Waals surface area (Å²) in [5.41, 5.74) is 3.47. The molecule has 4 rings (SSSR count). The standard InChI is InChI=1S/C22H21N3O2/c1-15-9-11-19(27-15)14-24(3)22(26)17-10-12-21-20(13-17)23-16(2)25(21)18-7-5-4-6-8-18/h4-13H,14H2,1-3H3. The molecule has 2 aromatic carbocycles. The van der Waals surface area contributed by atoms with Crippen LogP contribution < -0.4 is 0 Å². The van der Waals surface area contributed by atoms with Crippen LogP contribution in [0.15, 0.2) is 65.1 Å². The van der Waals surface area contributed by atoms with Crippen molar-refractivity contribution in [2.45, 2.75) is 20.4 Å². The maximum Gasteiger partial charge on any atom is 0.254 e. The zero-order chi connectivity index (χ0) is 19.0. The van der Waals surface area contributed by atoms with Gasteiger partial charge in [-0.1, -0.05) is 18.2 Å². The van der Waals surface area contributed by atoms with Crippen molar-refractivity contribution in [3.05, 3.63) is 83.6 Å². The number of carbonyl (C=O) groups is 1. The first-order valence-electron chi connectivity index (χ1n) is 8.88. The van der Waals surface area contributed by atoms with Crippen LogP contribution in [-0.4, -0.2) is 27.4 Å². The molecule has 0 N–H and O–H groups in total. The zero-order valence-electron chi connectivity index (χ0n) is 15.6. The highest BCUT2D eigenvalue weighted by Gasteiger charge is 2.16.